The van der Waals surface area contributed by atoms with Gasteiger partial charge in [0.15, 0.2) is 0 Å². The molecule has 13 heteroatoms. The van der Waals surface area contributed by atoms with E-state index in [2.05, 4.69) is 45.3 Å². The van der Waals surface area contributed by atoms with Gasteiger partial charge in [-0.2, -0.15) is 0 Å². The van der Waals surface area contributed by atoms with Gasteiger partial charge in [0.1, 0.15) is 6.10 Å². The van der Waals surface area contributed by atoms with Crippen molar-refractivity contribution < 1.29 is 71.5 Å². The Hall–Kier alpha value is -1.08. The Kier molecular flexibility index (Phi) is 11.2. The molecular formula is C37H59N2NaO9S. The molecule has 2 amide bonds. The summed E-state index contributed by atoms with van der Waals surface area (Å²) in [5, 5.41) is 16.2. The maximum atomic E-state index is 13.2. The van der Waals surface area contributed by atoms with Gasteiger partial charge in [0.25, 0.3) is 0 Å². The van der Waals surface area contributed by atoms with E-state index in [4.69, 9.17) is 9.47 Å². The molecule has 278 valence electrons. The number of carbonyl (C=O) groups excluding carboxylic acids is 2. The quantitative estimate of drug-likeness (QED) is 0.238. The van der Waals surface area contributed by atoms with E-state index in [1.807, 2.05) is 6.92 Å². The predicted octanol–water partition coefficient (Wildman–Crippen LogP) is 3.32. The fourth-order valence-electron chi connectivity index (χ4n) is 13.1. The maximum Gasteiger partial charge on any atom is 1.00 e. The maximum absolute atomic E-state index is 13.2. The van der Waals surface area contributed by atoms with E-state index in [9.17, 15) is 32.5 Å². The Morgan fingerprint density at radius 2 is 1.56 bits per heavy atom. The van der Waals surface area contributed by atoms with Crippen LogP contribution in [0.3, 0.4) is 0 Å². The van der Waals surface area contributed by atoms with E-state index >= 15 is 0 Å². The minimum Gasteiger partial charge on any atom is -0.748 e. The monoisotopic (exact) mass is 730 g/mol. The second-order valence-corrected chi connectivity index (χ2v) is 19.8. The number of carboxylic acid groups (broad SMARTS) is 1. The summed E-state index contributed by atoms with van der Waals surface area (Å²) in [6, 6.07) is 0.268. The number of hydrogen-bond acceptors (Lipinski definition) is 8. The van der Waals surface area contributed by atoms with Gasteiger partial charge in [-0.25, -0.2) is 18.0 Å². The van der Waals surface area contributed by atoms with Crippen LogP contribution in [0, 0.1) is 62.6 Å². The third-order valence-corrected chi connectivity index (χ3v) is 16.5. The van der Waals surface area contributed by atoms with E-state index in [-0.39, 0.29) is 106 Å². The van der Waals surface area contributed by atoms with Gasteiger partial charge in [0.2, 0.25) is 0 Å². The molecule has 11 nitrogen and oxygen atoms in total. The first-order valence-electron chi connectivity index (χ1n) is 18.8. The minimum atomic E-state index is -4.44. The fraction of sp³-hybridized carbons (Fsp3) is 0.919. The Balaban J connectivity index is 0.00000486. The van der Waals surface area contributed by atoms with Crippen molar-refractivity contribution in [3.63, 3.8) is 0 Å². The van der Waals surface area contributed by atoms with Crippen LogP contribution in [0.5, 0.6) is 0 Å². The minimum absolute atomic E-state index is 0. The number of aliphatic carboxylic acids is 1. The van der Waals surface area contributed by atoms with Gasteiger partial charge in [-0.1, -0.05) is 41.5 Å². The summed E-state index contributed by atoms with van der Waals surface area (Å²) in [5.74, 6) is -0.268. The van der Waals surface area contributed by atoms with Crippen molar-refractivity contribution in [3.05, 3.63) is 0 Å². The van der Waals surface area contributed by atoms with Gasteiger partial charge >= 0.3 is 47.7 Å². The summed E-state index contributed by atoms with van der Waals surface area (Å²) < 4.78 is 44.3. The molecule has 0 aliphatic heterocycles. The number of hydrogen-bond donors (Lipinski definition) is 3. The van der Waals surface area contributed by atoms with E-state index in [0.29, 0.717) is 24.7 Å². The molecule has 50 heavy (non-hydrogen) atoms. The van der Waals surface area contributed by atoms with Gasteiger partial charge in [-0.3, -0.25) is 4.79 Å². The molecule has 6 rings (SSSR count). The van der Waals surface area contributed by atoms with Gasteiger partial charge in [0.05, 0.1) is 27.9 Å². The molecule has 0 aromatic heterocycles. The number of carboxylic acids is 1. The molecule has 0 spiro atoms. The topological polar surface area (TPSA) is 171 Å². The van der Waals surface area contributed by atoms with Gasteiger partial charge in [-0.05, 0) is 129 Å². The number of fused-ring (bicyclic) bond motifs is 7. The van der Waals surface area contributed by atoms with Crippen molar-refractivity contribution in [3.8, 4) is 0 Å². The smallest absolute Gasteiger partial charge is 0.748 e. The second kappa shape index (κ2) is 14.0. The molecule has 0 heterocycles. The molecule has 6 saturated carbocycles. The van der Waals surface area contributed by atoms with Gasteiger partial charge in [0, 0.05) is 18.0 Å². The largest absolute Gasteiger partial charge is 1.00 e. The molecule has 0 aromatic rings. The molecule has 0 radical (unpaired) electrons. The molecule has 0 saturated heterocycles. The van der Waals surface area contributed by atoms with Crippen LogP contribution in [0.15, 0.2) is 0 Å². The number of rotatable bonds is 9. The van der Waals surface area contributed by atoms with Crippen LogP contribution in [-0.4, -0.2) is 67.3 Å². The zero-order valence-corrected chi connectivity index (χ0v) is 34.2. The first-order valence-corrected chi connectivity index (χ1v) is 20.4. The van der Waals surface area contributed by atoms with Crippen molar-refractivity contribution in [2.45, 2.75) is 131 Å². The summed E-state index contributed by atoms with van der Waals surface area (Å²) in [5.41, 5.74) is -0.850. The summed E-state index contributed by atoms with van der Waals surface area (Å²) in [6.07, 6.45) is 9.92. The number of amides is 2. The third kappa shape index (κ3) is 6.77. The number of nitrogens with one attached hydrogen (secondary N) is 2. The van der Waals surface area contributed by atoms with Crippen LogP contribution in [0.1, 0.15) is 119 Å². The molecular weight excluding hydrogens is 671 g/mol. The predicted molar refractivity (Wildman–Crippen MR) is 181 cm³/mol. The number of ether oxygens (including phenoxy) is 2. The molecule has 6 fully saturated rings. The number of alkyl carbamates (subject to hydrolysis) is 2. The standard InChI is InChI=1S/C37H60N2O9S.Na/c1-22(21-47-31(42)38-19-20-49(44,45)46)24-11-16-37(30(40)41)18-17-35(5)25(29(24)37)9-10-27-34(4)14-13-28(48-32(43)39-23-7-8-23)33(2,3)26(34)12-15-36(27,35)6;/h22-29H,7-21H2,1-6H3,(H,38,42)(H,39,43)(H,40,41)(H,44,45,46);/q;+1/p-1/t22-,24-,25+,26-,27+,28+,29+,34-,35+,36+,37-;/m0./s1. The molecule has 0 aromatic carbocycles. The second-order valence-electron chi connectivity index (χ2n) is 18.3. The summed E-state index contributed by atoms with van der Waals surface area (Å²) in [6.45, 7) is 13.9. The Morgan fingerprint density at radius 3 is 2.20 bits per heavy atom. The van der Waals surface area contributed by atoms with Crippen molar-refractivity contribution in [2.24, 2.45) is 62.6 Å². The SMILES string of the molecule is C[C@@H](COC(=O)NCCS(=O)(=O)[O-])[C@@H]1CC[C@]2(C(=O)O)CC[C@]3(C)[C@H](CC[C@@H]4[C@@]5(C)CC[C@@H](OC(=O)NC6CC6)C(C)(C)[C@@H]5CC[C@]43C)[C@@H]12.[Na+]. The average Bonchev–Trinajstić information content (AvgIpc) is 3.72. The van der Waals surface area contributed by atoms with Crippen molar-refractivity contribution >= 4 is 28.3 Å². The van der Waals surface area contributed by atoms with Crippen LogP contribution in [0.4, 0.5) is 9.59 Å². The molecule has 6 aliphatic rings. The van der Waals surface area contributed by atoms with Crippen molar-refractivity contribution in [1.82, 2.24) is 10.6 Å². The molecule has 0 unspecified atom stereocenters. The van der Waals surface area contributed by atoms with Crippen LogP contribution >= 0.6 is 0 Å². The Bertz CT molecular complexity index is 1440. The molecule has 11 atom stereocenters. The molecule has 6 aliphatic carbocycles. The summed E-state index contributed by atoms with van der Waals surface area (Å²) >= 11 is 0. The first kappa shape index (κ1) is 40.1. The normalized spacial score (nSPS) is 42.2. The van der Waals surface area contributed by atoms with Crippen LogP contribution in [-0.2, 0) is 24.4 Å². The van der Waals surface area contributed by atoms with Crippen LogP contribution < -0.4 is 40.2 Å². The van der Waals surface area contributed by atoms with E-state index < -0.39 is 33.3 Å². The van der Waals surface area contributed by atoms with Crippen LogP contribution in [0.2, 0.25) is 0 Å². The molecule has 0 bridgehead atoms. The van der Waals surface area contributed by atoms with E-state index in [0.717, 1.165) is 64.2 Å². The van der Waals surface area contributed by atoms with Crippen molar-refractivity contribution in [2.75, 3.05) is 18.9 Å². The molecule has 3 N–H and O–H groups in total. The van der Waals surface area contributed by atoms with Crippen LogP contribution in [0.25, 0.3) is 0 Å². The first-order chi connectivity index (χ1) is 22.8. The number of carbonyl (C=O) groups is 3. The Morgan fingerprint density at radius 1 is 0.860 bits per heavy atom. The zero-order chi connectivity index (χ0) is 35.8. The average molecular weight is 731 g/mol. The zero-order valence-electron chi connectivity index (χ0n) is 31.3. The summed E-state index contributed by atoms with van der Waals surface area (Å²) in [7, 11) is -4.44. The van der Waals surface area contributed by atoms with Crippen molar-refractivity contribution in [1.29, 1.82) is 0 Å². The van der Waals surface area contributed by atoms with E-state index in [1.165, 1.54) is 0 Å². The Labute approximate surface area is 320 Å². The fourth-order valence-corrected chi connectivity index (χ4v) is 13.4. The third-order valence-electron chi connectivity index (χ3n) is 15.8. The van der Waals surface area contributed by atoms with Gasteiger partial charge in [-0.15, -0.1) is 0 Å². The van der Waals surface area contributed by atoms with Gasteiger partial charge < -0.3 is 29.8 Å². The van der Waals surface area contributed by atoms with E-state index in [1.54, 1.807) is 0 Å². The summed E-state index contributed by atoms with van der Waals surface area (Å²) in [4.78, 5) is 38.3.